The Kier molecular flexibility index (Phi) is 5.62. The minimum absolute atomic E-state index is 0.00597. The molecule has 7 nitrogen and oxygen atoms in total. The van der Waals surface area contributed by atoms with Crippen molar-refractivity contribution in [1.29, 1.82) is 0 Å². The van der Waals surface area contributed by atoms with Crippen LogP contribution in [-0.2, 0) is 23.5 Å². The number of hydrogen-bond acceptors (Lipinski definition) is 7. The zero-order valence-corrected chi connectivity index (χ0v) is 21.3. The van der Waals surface area contributed by atoms with E-state index in [0.717, 1.165) is 11.1 Å². The maximum absolute atomic E-state index is 12.5. The standard InChI is InChI=1S/C23H38O7Si/c1-13-16(30-31(8,9)20(3,4)5)12-15-17(13)18-23(27,22(7,26)19(25)28-18)11-10-21(15,6)29-14(2)24/h15-16,18,26-27H,10-12H2,1-9H3/t15-,16?,18-,21-,22+,23+/m0/s1. The molecule has 2 N–H and O–H groups in total. The molecule has 2 fully saturated rings. The molecule has 0 amide bonds. The number of carbonyl (C=O) groups excluding carboxylic acids is 2. The zero-order valence-electron chi connectivity index (χ0n) is 20.3. The fourth-order valence-electron chi connectivity index (χ4n) is 5.13. The molecule has 1 heterocycles. The van der Waals surface area contributed by atoms with E-state index in [4.69, 9.17) is 13.9 Å². The van der Waals surface area contributed by atoms with E-state index in [1.165, 1.54) is 13.8 Å². The van der Waals surface area contributed by atoms with Crippen molar-refractivity contribution in [1.82, 2.24) is 0 Å². The first-order valence-corrected chi connectivity index (χ1v) is 14.0. The molecule has 0 aromatic rings. The van der Waals surface area contributed by atoms with E-state index in [1.807, 2.05) is 13.8 Å². The second-order valence-electron chi connectivity index (χ2n) is 11.5. The minimum atomic E-state index is -2.12. The third kappa shape index (κ3) is 3.59. The van der Waals surface area contributed by atoms with E-state index in [1.54, 1.807) is 0 Å². The molecule has 1 aliphatic heterocycles. The van der Waals surface area contributed by atoms with Crippen molar-refractivity contribution in [3.63, 3.8) is 0 Å². The second-order valence-corrected chi connectivity index (χ2v) is 16.2. The Labute approximate surface area is 186 Å². The summed E-state index contributed by atoms with van der Waals surface area (Å²) in [6, 6.07) is 0. The van der Waals surface area contributed by atoms with Gasteiger partial charge >= 0.3 is 11.9 Å². The van der Waals surface area contributed by atoms with E-state index in [2.05, 4.69) is 33.9 Å². The number of rotatable bonds is 3. The Morgan fingerprint density at radius 2 is 1.77 bits per heavy atom. The van der Waals surface area contributed by atoms with Crippen LogP contribution in [0.2, 0.25) is 18.1 Å². The lowest BCUT2D eigenvalue weighted by Gasteiger charge is -2.40. The third-order valence-electron chi connectivity index (χ3n) is 8.30. The lowest BCUT2D eigenvalue weighted by molar-refractivity contribution is -0.168. The van der Waals surface area contributed by atoms with Crippen molar-refractivity contribution in [2.75, 3.05) is 0 Å². The van der Waals surface area contributed by atoms with Gasteiger partial charge in [-0.1, -0.05) is 20.8 Å². The van der Waals surface area contributed by atoms with Gasteiger partial charge in [-0.25, -0.2) is 4.79 Å². The van der Waals surface area contributed by atoms with Gasteiger partial charge in [-0.15, -0.1) is 0 Å². The van der Waals surface area contributed by atoms with Crippen LogP contribution in [-0.4, -0.2) is 59.5 Å². The fourth-order valence-corrected chi connectivity index (χ4v) is 6.46. The smallest absolute Gasteiger partial charge is 0.341 e. The summed E-state index contributed by atoms with van der Waals surface area (Å²) in [5.41, 5.74) is -3.14. The lowest BCUT2D eigenvalue weighted by Crippen LogP contribution is -2.56. The van der Waals surface area contributed by atoms with Gasteiger partial charge in [0.1, 0.15) is 11.2 Å². The summed E-state index contributed by atoms with van der Waals surface area (Å²) in [6.07, 6.45) is -0.293. The van der Waals surface area contributed by atoms with Crippen molar-refractivity contribution in [3.05, 3.63) is 11.1 Å². The predicted octanol–water partition coefficient (Wildman–Crippen LogP) is 3.24. The fraction of sp³-hybridized carbons (Fsp3) is 0.826. The SMILES string of the molecule is CC(=O)O[C@@]1(C)CC[C@@]2(O)[C@@H](OC(=O)[C@@]2(C)O)C2=C(C)C(O[Si](C)(C)C(C)(C)C)C[C@@H]21. The van der Waals surface area contributed by atoms with Crippen LogP contribution in [0.25, 0.3) is 0 Å². The van der Waals surface area contributed by atoms with Crippen molar-refractivity contribution in [2.24, 2.45) is 5.92 Å². The number of aliphatic hydroxyl groups is 2. The highest BCUT2D eigenvalue weighted by Crippen LogP contribution is 2.56. The summed E-state index contributed by atoms with van der Waals surface area (Å²) < 4.78 is 18.2. The van der Waals surface area contributed by atoms with Crippen LogP contribution >= 0.6 is 0 Å². The number of carbonyl (C=O) groups is 2. The van der Waals surface area contributed by atoms with Gasteiger partial charge in [0.15, 0.2) is 20.0 Å². The summed E-state index contributed by atoms with van der Waals surface area (Å²) in [7, 11) is -2.12. The summed E-state index contributed by atoms with van der Waals surface area (Å²) in [5.74, 6) is -1.52. The van der Waals surface area contributed by atoms with Crippen molar-refractivity contribution in [3.8, 4) is 0 Å². The Morgan fingerprint density at radius 1 is 1.19 bits per heavy atom. The number of hydrogen-bond donors (Lipinski definition) is 2. The molecule has 8 heteroatoms. The summed E-state index contributed by atoms with van der Waals surface area (Å²) in [4.78, 5) is 24.5. The number of ether oxygens (including phenoxy) is 2. The van der Waals surface area contributed by atoms with Crippen LogP contribution in [0.15, 0.2) is 11.1 Å². The summed E-state index contributed by atoms with van der Waals surface area (Å²) in [5, 5.41) is 22.5. The second kappa shape index (κ2) is 7.14. The van der Waals surface area contributed by atoms with Gasteiger partial charge in [-0.3, -0.25) is 4.79 Å². The van der Waals surface area contributed by atoms with Crippen molar-refractivity contribution >= 4 is 20.3 Å². The van der Waals surface area contributed by atoms with Crippen LogP contribution in [0.3, 0.4) is 0 Å². The van der Waals surface area contributed by atoms with Crippen molar-refractivity contribution in [2.45, 2.75) is 115 Å². The van der Waals surface area contributed by atoms with E-state index in [-0.39, 0.29) is 23.5 Å². The van der Waals surface area contributed by atoms with Gasteiger partial charge < -0.3 is 24.1 Å². The molecule has 2 aliphatic carbocycles. The van der Waals surface area contributed by atoms with E-state index in [9.17, 15) is 19.8 Å². The molecule has 0 aromatic heterocycles. The average molecular weight is 455 g/mol. The topological polar surface area (TPSA) is 102 Å². The van der Waals surface area contributed by atoms with Gasteiger partial charge in [0.05, 0.1) is 6.10 Å². The van der Waals surface area contributed by atoms with Crippen LogP contribution in [0.1, 0.15) is 67.7 Å². The van der Waals surface area contributed by atoms with E-state index in [0.29, 0.717) is 12.8 Å². The summed E-state index contributed by atoms with van der Waals surface area (Å²) >= 11 is 0. The number of fused-ring (bicyclic) bond motifs is 3. The highest BCUT2D eigenvalue weighted by atomic mass is 28.4. The first-order chi connectivity index (χ1) is 13.9. The van der Waals surface area contributed by atoms with Crippen LogP contribution in [0, 0.1) is 5.92 Å². The van der Waals surface area contributed by atoms with E-state index >= 15 is 0 Å². The lowest BCUT2D eigenvalue weighted by atomic mass is 9.77. The Balaban J connectivity index is 2.12. The quantitative estimate of drug-likeness (QED) is 0.383. The van der Waals surface area contributed by atoms with Crippen LogP contribution < -0.4 is 0 Å². The van der Waals surface area contributed by atoms with Crippen LogP contribution in [0.5, 0.6) is 0 Å². The molecule has 3 aliphatic rings. The normalized spacial score (nSPS) is 40.9. The molecule has 0 radical (unpaired) electrons. The maximum Gasteiger partial charge on any atom is 0.341 e. The molecule has 0 spiro atoms. The molecule has 176 valence electrons. The summed E-state index contributed by atoms with van der Waals surface area (Å²) in [6.45, 7) is 17.4. The molecular weight excluding hydrogens is 416 g/mol. The molecule has 1 saturated heterocycles. The van der Waals surface area contributed by atoms with E-state index < -0.39 is 43.2 Å². The Bertz CT molecular complexity index is 824. The Hall–Kier alpha value is -1.22. The van der Waals surface area contributed by atoms with Crippen molar-refractivity contribution < 1.29 is 33.7 Å². The first-order valence-electron chi connectivity index (χ1n) is 11.1. The van der Waals surface area contributed by atoms with Gasteiger partial charge in [0.25, 0.3) is 0 Å². The minimum Gasteiger partial charge on any atom is -0.459 e. The molecule has 0 bridgehead atoms. The largest absolute Gasteiger partial charge is 0.459 e. The van der Waals surface area contributed by atoms with Crippen LogP contribution in [0.4, 0.5) is 0 Å². The van der Waals surface area contributed by atoms with Gasteiger partial charge in [-0.2, -0.15) is 0 Å². The molecule has 1 saturated carbocycles. The Morgan fingerprint density at radius 3 is 2.29 bits per heavy atom. The average Bonchev–Trinajstić information content (AvgIpc) is 2.96. The highest BCUT2D eigenvalue weighted by molar-refractivity contribution is 6.74. The molecule has 31 heavy (non-hydrogen) atoms. The zero-order chi connectivity index (χ0) is 23.8. The predicted molar refractivity (Wildman–Crippen MR) is 118 cm³/mol. The molecule has 0 aromatic carbocycles. The monoisotopic (exact) mass is 454 g/mol. The van der Waals surface area contributed by atoms with Gasteiger partial charge in [-0.05, 0) is 69.3 Å². The highest BCUT2D eigenvalue weighted by Gasteiger charge is 2.69. The van der Waals surface area contributed by atoms with Gasteiger partial charge in [0.2, 0.25) is 0 Å². The molecule has 6 atom stereocenters. The molecule has 3 rings (SSSR count). The number of esters is 2. The third-order valence-corrected chi connectivity index (χ3v) is 12.8. The first kappa shape index (κ1) is 24.4. The van der Waals surface area contributed by atoms with Gasteiger partial charge in [0, 0.05) is 12.8 Å². The maximum atomic E-state index is 12.5. The molecular formula is C23H38O7Si. The molecule has 1 unspecified atom stereocenters.